The lowest BCUT2D eigenvalue weighted by Crippen LogP contribution is -2.19. The van der Waals surface area contributed by atoms with Gasteiger partial charge in [-0.15, -0.1) is 0 Å². The van der Waals surface area contributed by atoms with Gasteiger partial charge in [0.15, 0.2) is 5.78 Å². The summed E-state index contributed by atoms with van der Waals surface area (Å²) in [5.41, 5.74) is 1.61. The highest BCUT2D eigenvalue weighted by molar-refractivity contribution is 6.03. The third kappa shape index (κ3) is 1.36. The Kier molecular flexibility index (Phi) is 2.06. The Morgan fingerprint density at radius 3 is 2.75 bits per heavy atom. The number of fused-ring (bicyclic) bond motifs is 1. The summed E-state index contributed by atoms with van der Waals surface area (Å²) in [6.07, 6.45) is 3.28. The van der Waals surface area contributed by atoms with Crippen molar-refractivity contribution in [3.05, 3.63) is 29.3 Å². The molecule has 1 aromatic carbocycles. The van der Waals surface area contributed by atoms with Crippen LogP contribution in [0.2, 0.25) is 0 Å². The zero-order chi connectivity index (χ0) is 11.3. The van der Waals surface area contributed by atoms with Crippen molar-refractivity contribution in [2.75, 3.05) is 0 Å². The van der Waals surface area contributed by atoms with Gasteiger partial charge in [-0.25, -0.2) is 0 Å². The van der Waals surface area contributed by atoms with E-state index in [1.165, 1.54) is 12.8 Å². The fourth-order valence-corrected chi connectivity index (χ4v) is 2.91. The molecule has 84 valence electrons. The number of ketones is 1. The van der Waals surface area contributed by atoms with Crippen molar-refractivity contribution in [1.82, 2.24) is 0 Å². The van der Waals surface area contributed by atoms with E-state index >= 15 is 0 Å². The highest BCUT2D eigenvalue weighted by Crippen LogP contribution is 2.45. The fourth-order valence-electron chi connectivity index (χ4n) is 2.91. The van der Waals surface area contributed by atoms with Gasteiger partial charge in [0.25, 0.3) is 0 Å². The molecule has 1 N–H and O–H groups in total. The maximum absolute atomic E-state index is 12.2. The highest BCUT2D eigenvalue weighted by atomic mass is 16.3. The van der Waals surface area contributed by atoms with Crippen molar-refractivity contribution in [3.8, 4) is 5.75 Å². The van der Waals surface area contributed by atoms with E-state index in [4.69, 9.17) is 0 Å². The Labute approximate surface area is 95.3 Å². The van der Waals surface area contributed by atoms with Gasteiger partial charge in [0.05, 0.1) is 0 Å². The van der Waals surface area contributed by atoms with Crippen LogP contribution in [0, 0.1) is 17.8 Å². The highest BCUT2D eigenvalue weighted by Gasteiger charge is 2.41. The van der Waals surface area contributed by atoms with Crippen LogP contribution in [0.4, 0.5) is 0 Å². The molecule has 1 aromatic rings. The fraction of sp³-hybridized carbons (Fsp3) is 0.500. The number of phenolic OH excluding ortho intramolecular Hbond substituents is 1. The number of hydrogen-bond acceptors (Lipinski definition) is 2. The molecule has 2 heteroatoms. The number of Topliss-reactive ketones (excluding diaryl/α,β-unsaturated/α-hetero) is 1. The first-order chi connectivity index (χ1) is 7.68. The van der Waals surface area contributed by atoms with E-state index in [0.717, 1.165) is 23.5 Å². The molecule has 2 unspecified atom stereocenters. The van der Waals surface area contributed by atoms with Crippen LogP contribution in [-0.2, 0) is 6.42 Å². The normalized spacial score (nSPS) is 25.6. The Hall–Kier alpha value is -1.31. The van der Waals surface area contributed by atoms with E-state index in [0.29, 0.717) is 5.92 Å². The first-order valence-corrected chi connectivity index (χ1v) is 6.03. The van der Waals surface area contributed by atoms with Gasteiger partial charge in [-0.2, -0.15) is 0 Å². The SMILES string of the molecule is CC(C1CC1)C1Cc2c(O)cccc2C1=O. The van der Waals surface area contributed by atoms with E-state index in [9.17, 15) is 9.90 Å². The van der Waals surface area contributed by atoms with Gasteiger partial charge in [0, 0.05) is 17.0 Å². The number of rotatable bonds is 2. The van der Waals surface area contributed by atoms with Gasteiger partial charge < -0.3 is 5.11 Å². The number of carbonyl (C=O) groups is 1. The molecule has 2 aliphatic rings. The van der Waals surface area contributed by atoms with Gasteiger partial charge in [0.2, 0.25) is 0 Å². The molecular weight excluding hydrogens is 200 g/mol. The van der Waals surface area contributed by atoms with Crippen LogP contribution >= 0.6 is 0 Å². The Morgan fingerprint density at radius 2 is 2.12 bits per heavy atom. The van der Waals surface area contributed by atoms with E-state index in [1.807, 2.05) is 6.07 Å². The van der Waals surface area contributed by atoms with Crippen molar-refractivity contribution in [2.45, 2.75) is 26.2 Å². The molecule has 2 atom stereocenters. The molecule has 0 radical (unpaired) electrons. The summed E-state index contributed by atoms with van der Waals surface area (Å²) in [5.74, 6) is 1.85. The molecule has 0 amide bonds. The Bertz CT molecular complexity index is 446. The van der Waals surface area contributed by atoms with Crippen molar-refractivity contribution < 1.29 is 9.90 Å². The van der Waals surface area contributed by atoms with Crippen LogP contribution in [0.1, 0.15) is 35.7 Å². The maximum Gasteiger partial charge on any atom is 0.166 e. The summed E-state index contributed by atoms with van der Waals surface area (Å²) in [4.78, 5) is 12.2. The molecular formula is C14H16O2. The molecule has 0 aromatic heterocycles. The second-order valence-corrected chi connectivity index (χ2v) is 5.17. The topological polar surface area (TPSA) is 37.3 Å². The summed E-state index contributed by atoms with van der Waals surface area (Å²) in [6.45, 7) is 2.18. The van der Waals surface area contributed by atoms with Gasteiger partial charge in [-0.05, 0) is 37.2 Å². The molecule has 3 rings (SSSR count). The molecule has 16 heavy (non-hydrogen) atoms. The van der Waals surface area contributed by atoms with Gasteiger partial charge in [-0.3, -0.25) is 4.79 Å². The summed E-state index contributed by atoms with van der Waals surface area (Å²) >= 11 is 0. The summed E-state index contributed by atoms with van der Waals surface area (Å²) in [6, 6.07) is 5.28. The molecule has 1 saturated carbocycles. The Balaban J connectivity index is 1.93. The lowest BCUT2D eigenvalue weighted by Gasteiger charge is -2.16. The number of carbonyl (C=O) groups excluding carboxylic acids is 1. The van der Waals surface area contributed by atoms with Crippen LogP contribution in [-0.4, -0.2) is 10.9 Å². The molecule has 2 aliphatic carbocycles. The second kappa shape index (κ2) is 3.34. The first kappa shape index (κ1) is 9.88. The quantitative estimate of drug-likeness (QED) is 0.825. The largest absolute Gasteiger partial charge is 0.508 e. The minimum Gasteiger partial charge on any atom is -0.508 e. The van der Waals surface area contributed by atoms with E-state index < -0.39 is 0 Å². The van der Waals surface area contributed by atoms with E-state index in [-0.39, 0.29) is 17.5 Å². The van der Waals surface area contributed by atoms with Crippen LogP contribution in [0.3, 0.4) is 0 Å². The molecule has 0 aliphatic heterocycles. The van der Waals surface area contributed by atoms with E-state index in [1.54, 1.807) is 12.1 Å². The molecule has 0 saturated heterocycles. The number of phenols is 1. The predicted molar refractivity (Wildman–Crippen MR) is 61.5 cm³/mol. The van der Waals surface area contributed by atoms with Gasteiger partial charge >= 0.3 is 0 Å². The lowest BCUT2D eigenvalue weighted by molar-refractivity contribution is 0.0889. The molecule has 0 heterocycles. The smallest absolute Gasteiger partial charge is 0.166 e. The van der Waals surface area contributed by atoms with Crippen molar-refractivity contribution in [1.29, 1.82) is 0 Å². The monoisotopic (exact) mass is 216 g/mol. The van der Waals surface area contributed by atoms with Crippen molar-refractivity contribution in [3.63, 3.8) is 0 Å². The van der Waals surface area contributed by atoms with Crippen LogP contribution in [0.25, 0.3) is 0 Å². The summed E-state index contributed by atoms with van der Waals surface area (Å²) in [5, 5.41) is 9.75. The zero-order valence-electron chi connectivity index (χ0n) is 9.44. The maximum atomic E-state index is 12.2. The molecule has 2 nitrogen and oxygen atoms in total. The summed E-state index contributed by atoms with van der Waals surface area (Å²) in [7, 11) is 0. The van der Waals surface area contributed by atoms with Crippen molar-refractivity contribution >= 4 is 5.78 Å². The number of aromatic hydroxyl groups is 1. The second-order valence-electron chi connectivity index (χ2n) is 5.17. The average molecular weight is 216 g/mol. The van der Waals surface area contributed by atoms with Gasteiger partial charge in [0.1, 0.15) is 5.75 Å². The van der Waals surface area contributed by atoms with Crippen molar-refractivity contribution in [2.24, 2.45) is 17.8 Å². The Morgan fingerprint density at radius 1 is 1.38 bits per heavy atom. The minimum atomic E-state index is 0.107. The molecule has 0 spiro atoms. The standard InChI is InChI=1S/C14H16O2/c1-8(9-5-6-9)11-7-12-10(14(11)16)3-2-4-13(12)15/h2-4,8-9,11,15H,5-7H2,1H3. The predicted octanol–water partition coefficient (Wildman–Crippen LogP) is 2.79. The zero-order valence-corrected chi connectivity index (χ0v) is 9.44. The van der Waals surface area contributed by atoms with Crippen LogP contribution < -0.4 is 0 Å². The van der Waals surface area contributed by atoms with Gasteiger partial charge in [-0.1, -0.05) is 19.1 Å². The third-order valence-electron chi connectivity index (χ3n) is 4.18. The van der Waals surface area contributed by atoms with E-state index in [2.05, 4.69) is 6.92 Å². The molecule has 0 bridgehead atoms. The minimum absolute atomic E-state index is 0.107. The van der Waals surface area contributed by atoms with Crippen LogP contribution in [0.5, 0.6) is 5.75 Å². The number of hydrogen-bond donors (Lipinski definition) is 1. The first-order valence-electron chi connectivity index (χ1n) is 6.03. The lowest BCUT2D eigenvalue weighted by atomic mass is 9.87. The van der Waals surface area contributed by atoms with Crippen LogP contribution in [0.15, 0.2) is 18.2 Å². The average Bonchev–Trinajstić information content (AvgIpc) is 3.05. The number of benzene rings is 1. The third-order valence-corrected chi connectivity index (χ3v) is 4.18. The summed E-state index contributed by atoms with van der Waals surface area (Å²) < 4.78 is 0. The molecule has 1 fully saturated rings.